The summed E-state index contributed by atoms with van der Waals surface area (Å²) < 4.78 is 15.6. The van der Waals surface area contributed by atoms with E-state index >= 15 is 0 Å². The fourth-order valence-corrected chi connectivity index (χ4v) is 2.95. The summed E-state index contributed by atoms with van der Waals surface area (Å²) in [4.78, 5) is 25.1. The molecule has 0 N–H and O–H groups in total. The molecule has 3 rings (SSSR count). The minimum Gasteiger partial charge on any atom is -0.375 e. The second-order valence-electron chi connectivity index (χ2n) is 5.56. The molecule has 0 saturated carbocycles. The fraction of sp³-hybridized carbons (Fsp3) is 0.500. The molecular formula is C16H19NO5. The number of carbonyl (C=O) groups is 2. The van der Waals surface area contributed by atoms with Gasteiger partial charge in [0.05, 0.1) is 12.6 Å². The Kier molecular flexibility index (Phi) is 4.40. The van der Waals surface area contributed by atoms with Crippen molar-refractivity contribution in [2.75, 3.05) is 13.4 Å². The minimum atomic E-state index is -0.592. The monoisotopic (exact) mass is 305 g/mol. The Morgan fingerprint density at radius 3 is 2.64 bits per heavy atom. The Balaban J connectivity index is 1.75. The van der Waals surface area contributed by atoms with Crippen LogP contribution < -0.4 is 0 Å². The van der Waals surface area contributed by atoms with Gasteiger partial charge in [0, 0.05) is 0 Å². The van der Waals surface area contributed by atoms with E-state index in [2.05, 4.69) is 0 Å². The van der Waals surface area contributed by atoms with E-state index in [1.54, 1.807) is 6.92 Å². The molecule has 2 aliphatic heterocycles. The van der Waals surface area contributed by atoms with Crippen molar-refractivity contribution >= 4 is 12.1 Å². The molecule has 2 heterocycles. The zero-order valence-corrected chi connectivity index (χ0v) is 12.4. The first-order valence-electron chi connectivity index (χ1n) is 7.44. The lowest BCUT2D eigenvalue weighted by molar-refractivity contribution is -0.135. The average Bonchev–Trinajstić information content (AvgIpc) is 3.13. The van der Waals surface area contributed by atoms with Crippen LogP contribution in [-0.4, -0.2) is 48.5 Å². The number of aryl methyl sites for hydroxylation is 1. The molecule has 0 bridgehead atoms. The molecule has 2 aliphatic rings. The maximum atomic E-state index is 12.0. The molecule has 3 atom stereocenters. The van der Waals surface area contributed by atoms with E-state index < -0.39 is 18.1 Å². The zero-order valence-electron chi connectivity index (χ0n) is 12.4. The smallest absolute Gasteiger partial charge is 0.375 e. The standard InChI is InChI=1S/C16H19NO5/c1-11-15(18)22-16(19)17(11)13(14-9-20-10-21-14)8-7-12-5-3-2-4-6-12/h2-6,11,13-14H,7-10H2,1H3/t11?,13-,14?/m1/s1. The van der Waals surface area contributed by atoms with Crippen LogP contribution >= 0.6 is 0 Å². The molecule has 0 spiro atoms. The predicted molar refractivity (Wildman–Crippen MR) is 77.0 cm³/mol. The normalized spacial score (nSPS) is 26.3. The van der Waals surface area contributed by atoms with E-state index in [0.29, 0.717) is 13.0 Å². The van der Waals surface area contributed by atoms with Crippen LogP contribution in [0.25, 0.3) is 0 Å². The summed E-state index contributed by atoms with van der Waals surface area (Å²) in [5.74, 6) is -0.506. The quantitative estimate of drug-likeness (QED) is 0.612. The van der Waals surface area contributed by atoms with Gasteiger partial charge >= 0.3 is 12.1 Å². The zero-order chi connectivity index (χ0) is 15.5. The number of ether oxygens (including phenoxy) is 3. The molecule has 118 valence electrons. The summed E-state index contributed by atoms with van der Waals surface area (Å²) in [5.41, 5.74) is 1.18. The molecule has 6 heteroatoms. The molecule has 2 saturated heterocycles. The van der Waals surface area contributed by atoms with Gasteiger partial charge in [-0.2, -0.15) is 0 Å². The van der Waals surface area contributed by atoms with Crippen LogP contribution in [-0.2, 0) is 25.4 Å². The Morgan fingerprint density at radius 2 is 2.05 bits per heavy atom. The molecule has 6 nitrogen and oxygen atoms in total. The molecule has 0 aliphatic carbocycles. The fourth-order valence-electron chi connectivity index (χ4n) is 2.95. The number of hydrogen-bond acceptors (Lipinski definition) is 5. The second-order valence-corrected chi connectivity index (χ2v) is 5.56. The average molecular weight is 305 g/mol. The molecular weight excluding hydrogens is 286 g/mol. The Morgan fingerprint density at radius 1 is 1.27 bits per heavy atom. The Hall–Kier alpha value is -1.92. The molecule has 1 aromatic carbocycles. The third kappa shape index (κ3) is 2.98. The SMILES string of the molecule is CC1C(=O)OC(=O)N1[C@H](CCc1ccccc1)C1COCO1. The number of hydrogen-bond donors (Lipinski definition) is 0. The first-order valence-corrected chi connectivity index (χ1v) is 7.44. The van der Waals surface area contributed by atoms with Crippen molar-refractivity contribution in [3.8, 4) is 0 Å². The van der Waals surface area contributed by atoms with Crippen molar-refractivity contribution < 1.29 is 23.8 Å². The Bertz CT molecular complexity index is 541. The highest BCUT2D eigenvalue weighted by molar-refractivity contribution is 5.95. The molecule has 0 radical (unpaired) electrons. The van der Waals surface area contributed by atoms with Crippen LogP contribution in [0.2, 0.25) is 0 Å². The number of nitrogens with zero attached hydrogens (tertiary/aromatic N) is 1. The maximum Gasteiger partial charge on any atom is 0.418 e. The van der Waals surface area contributed by atoms with Crippen LogP contribution in [0, 0.1) is 0 Å². The van der Waals surface area contributed by atoms with Crippen molar-refractivity contribution in [3.05, 3.63) is 35.9 Å². The highest BCUT2D eigenvalue weighted by atomic mass is 16.7. The predicted octanol–water partition coefficient (Wildman–Crippen LogP) is 1.73. The maximum absolute atomic E-state index is 12.0. The van der Waals surface area contributed by atoms with Crippen molar-refractivity contribution in [2.24, 2.45) is 0 Å². The van der Waals surface area contributed by atoms with Crippen molar-refractivity contribution in [3.63, 3.8) is 0 Å². The van der Waals surface area contributed by atoms with Gasteiger partial charge in [-0.3, -0.25) is 4.90 Å². The van der Waals surface area contributed by atoms with Gasteiger partial charge in [0.2, 0.25) is 0 Å². The van der Waals surface area contributed by atoms with E-state index in [9.17, 15) is 9.59 Å². The summed E-state index contributed by atoms with van der Waals surface area (Å²) >= 11 is 0. The number of benzene rings is 1. The molecule has 2 unspecified atom stereocenters. The number of esters is 1. The number of amides is 1. The molecule has 22 heavy (non-hydrogen) atoms. The summed E-state index contributed by atoms with van der Waals surface area (Å²) in [6, 6.07) is 9.19. The van der Waals surface area contributed by atoms with Gasteiger partial charge in [-0.1, -0.05) is 30.3 Å². The van der Waals surface area contributed by atoms with Crippen molar-refractivity contribution in [1.29, 1.82) is 0 Å². The number of cyclic esters (lactones) is 2. The summed E-state index contributed by atoms with van der Waals surface area (Å²) in [6.07, 6.45) is 0.650. The number of rotatable bonds is 5. The van der Waals surface area contributed by atoms with Crippen molar-refractivity contribution in [2.45, 2.75) is 38.0 Å². The minimum absolute atomic E-state index is 0.220. The lowest BCUT2D eigenvalue weighted by Gasteiger charge is -2.31. The van der Waals surface area contributed by atoms with Gasteiger partial charge in [-0.05, 0) is 25.3 Å². The van der Waals surface area contributed by atoms with Crippen LogP contribution in [0.5, 0.6) is 0 Å². The number of carbonyl (C=O) groups excluding carboxylic acids is 2. The van der Waals surface area contributed by atoms with Crippen LogP contribution in [0.3, 0.4) is 0 Å². The first kappa shape index (κ1) is 15.0. The third-order valence-electron chi connectivity index (χ3n) is 4.16. The van der Waals surface area contributed by atoms with E-state index in [4.69, 9.17) is 14.2 Å². The summed E-state index contributed by atoms with van der Waals surface area (Å²) in [7, 11) is 0. The molecule has 2 fully saturated rings. The van der Waals surface area contributed by atoms with Gasteiger partial charge in [0.15, 0.2) is 0 Å². The van der Waals surface area contributed by atoms with E-state index in [-0.39, 0.29) is 18.9 Å². The highest BCUT2D eigenvalue weighted by Gasteiger charge is 2.45. The van der Waals surface area contributed by atoms with Gasteiger partial charge < -0.3 is 14.2 Å². The van der Waals surface area contributed by atoms with Crippen molar-refractivity contribution in [1.82, 2.24) is 4.90 Å². The summed E-state index contributed by atoms with van der Waals surface area (Å²) in [6.45, 7) is 2.32. The molecule has 1 aromatic rings. The van der Waals surface area contributed by atoms with Gasteiger partial charge in [0.1, 0.15) is 18.9 Å². The third-order valence-corrected chi connectivity index (χ3v) is 4.16. The van der Waals surface area contributed by atoms with Crippen LogP contribution in [0.4, 0.5) is 4.79 Å². The lowest BCUT2D eigenvalue weighted by atomic mass is 9.99. The molecule has 1 amide bonds. The topological polar surface area (TPSA) is 65.1 Å². The van der Waals surface area contributed by atoms with E-state index in [0.717, 1.165) is 6.42 Å². The second kappa shape index (κ2) is 6.46. The highest BCUT2D eigenvalue weighted by Crippen LogP contribution is 2.26. The Labute approximate surface area is 128 Å². The largest absolute Gasteiger partial charge is 0.418 e. The lowest BCUT2D eigenvalue weighted by Crippen LogP contribution is -2.49. The summed E-state index contributed by atoms with van der Waals surface area (Å²) in [5, 5.41) is 0. The van der Waals surface area contributed by atoms with Gasteiger partial charge in [-0.15, -0.1) is 0 Å². The van der Waals surface area contributed by atoms with Gasteiger partial charge in [0.25, 0.3) is 0 Å². The van der Waals surface area contributed by atoms with Crippen LogP contribution in [0.1, 0.15) is 18.9 Å². The van der Waals surface area contributed by atoms with E-state index in [1.807, 2.05) is 30.3 Å². The first-order chi connectivity index (χ1) is 10.7. The molecule has 0 aromatic heterocycles. The van der Waals surface area contributed by atoms with E-state index in [1.165, 1.54) is 10.5 Å². The van der Waals surface area contributed by atoms with Gasteiger partial charge in [-0.25, -0.2) is 9.59 Å². The van der Waals surface area contributed by atoms with Crippen LogP contribution in [0.15, 0.2) is 30.3 Å².